The number of carboxylic acid groups (broad SMARTS) is 1. The van der Waals surface area contributed by atoms with E-state index in [1.165, 1.54) is 13.2 Å². The highest BCUT2D eigenvalue weighted by molar-refractivity contribution is 9.11. The number of aromatic carboxylic acids is 1. The number of rotatable bonds is 5. The number of amides is 1. The van der Waals surface area contributed by atoms with Gasteiger partial charge in [0, 0.05) is 16.1 Å². The second-order valence-corrected chi connectivity index (χ2v) is 6.57. The largest absolute Gasteiger partial charge is 0.478 e. The van der Waals surface area contributed by atoms with Gasteiger partial charge in [-0.25, -0.2) is 4.79 Å². The van der Waals surface area contributed by atoms with Gasteiger partial charge in [-0.05, 0) is 41.9 Å². The van der Waals surface area contributed by atoms with Crippen LogP contribution in [0.2, 0.25) is 0 Å². The minimum atomic E-state index is -1.12. The summed E-state index contributed by atoms with van der Waals surface area (Å²) >= 11 is 6.47. The number of hydrogen-bond acceptors (Lipinski definition) is 3. The molecular weight excluding hydrogens is 394 g/mol. The Balaban J connectivity index is 3.03. The Morgan fingerprint density at radius 2 is 1.95 bits per heavy atom. The van der Waals surface area contributed by atoms with E-state index in [2.05, 4.69) is 37.2 Å². The van der Waals surface area contributed by atoms with Gasteiger partial charge in [0.05, 0.1) is 23.3 Å². The van der Waals surface area contributed by atoms with Crippen LogP contribution in [-0.2, 0) is 9.53 Å². The number of benzene rings is 1. The number of carbonyl (C=O) groups is 2. The Morgan fingerprint density at radius 1 is 1.35 bits per heavy atom. The predicted octanol–water partition coefficient (Wildman–Crippen LogP) is 3.66. The molecule has 0 aliphatic rings. The molecule has 5 nitrogen and oxygen atoms in total. The van der Waals surface area contributed by atoms with Crippen molar-refractivity contribution in [2.45, 2.75) is 25.9 Å². The summed E-state index contributed by atoms with van der Waals surface area (Å²) in [6, 6.07) is 3.10. The van der Waals surface area contributed by atoms with Gasteiger partial charge in [-0.2, -0.15) is 0 Å². The van der Waals surface area contributed by atoms with E-state index in [4.69, 9.17) is 4.74 Å². The minimum absolute atomic E-state index is 0.00910. The number of carboxylic acids is 1. The van der Waals surface area contributed by atoms with E-state index >= 15 is 0 Å². The van der Waals surface area contributed by atoms with Crippen LogP contribution < -0.4 is 5.32 Å². The van der Waals surface area contributed by atoms with Crippen LogP contribution in [0.1, 0.15) is 30.6 Å². The standard InChI is InChI=1S/C13H15Br2NO4/c1-13(2,20-3)6-10(17)16-11-8(12(18)19)4-7(14)5-9(11)15/h4-5H,6H2,1-3H3,(H,16,17)(H,18,19). The van der Waals surface area contributed by atoms with E-state index < -0.39 is 11.6 Å². The summed E-state index contributed by atoms with van der Waals surface area (Å²) in [5.74, 6) is -1.43. The number of anilines is 1. The number of carbonyl (C=O) groups excluding carboxylic acids is 1. The number of halogens is 2. The predicted molar refractivity (Wildman–Crippen MR) is 83.1 cm³/mol. The van der Waals surface area contributed by atoms with Crippen LogP contribution in [0.15, 0.2) is 21.1 Å². The Hall–Kier alpha value is -0.920. The number of nitrogens with one attached hydrogen (secondary N) is 1. The van der Waals surface area contributed by atoms with Crippen molar-refractivity contribution >= 4 is 49.4 Å². The summed E-state index contributed by atoms with van der Waals surface area (Å²) in [7, 11) is 1.52. The van der Waals surface area contributed by atoms with E-state index in [0.717, 1.165) is 0 Å². The maximum atomic E-state index is 12.0. The van der Waals surface area contributed by atoms with Crippen LogP contribution in [0.5, 0.6) is 0 Å². The fourth-order valence-corrected chi connectivity index (χ4v) is 2.84. The van der Waals surface area contributed by atoms with E-state index in [-0.39, 0.29) is 23.6 Å². The third-order valence-corrected chi connectivity index (χ3v) is 3.77. The molecule has 1 aromatic rings. The molecule has 0 saturated carbocycles. The SMILES string of the molecule is COC(C)(C)CC(=O)Nc1c(Br)cc(Br)cc1C(=O)O. The smallest absolute Gasteiger partial charge is 0.337 e. The first-order valence-electron chi connectivity index (χ1n) is 5.73. The van der Waals surface area contributed by atoms with Crippen molar-refractivity contribution in [3.8, 4) is 0 Å². The summed E-state index contributed by atoms with van der Waals surface area (Å²) in [6.45, 7) is 3.56. The second-order valence-electron chi connectivity index (χ2n) is 4.80. The normalized spacial score (nSPS) is 11.2. The second kappa shape index (κ2) is 6.69. The number of methoxy groups -OCH3 is 1. The Morgan fingerprint density at radius 3 is 2.45 bits per heavy atom. The molecule has 1 amide bonds. The van der Waals surface area contributed by atoms with Crippen molar-refractivity contribution in [1.29, 1.82) is 0 Å². The van der Waals surface area contributed by atoms with Crippen molar-refractivity contribution < 1.29 is 19.4 Å². The first-order valence-corrected chi connectivity index (χ1v) is 7.32. The van der Waals surface area contributed by atoms with Crippen molar-refractivity contribution in [3.05, 3.63) is 26.6 Å². The molecule has 0 spiro atoms. The molecule has 0 bridgehead atoms. The van der Waals surface area contributed by atoms with Crippen LogP contribution in [0.3, 0.4) is 0 Å². The lowest BCUT2D eigenvalue weighted by molar-refractivity contribution is -0.121. The van der Waals surface area contributed by atoms with Gasteiger partial charge in [-0.15, -0.1) is 0 Å². The van der Waals surface area contributed by atoms with Gasteiger partial charge >= 0.3 is 5.97 Å². The van der Waals surface area contributed by atoms with Crippen LogP contribution in [0.25, 0.3) is 0 Å². The maximum absolute atomic E-state index is 12.0. The zero-order chi connectivity index (χ0) is 15.5. The van der Waals surface area contributed by atoms with Crippen LogP contribution in [0.4, 0.5) is 5.69 Å². The summed E-state index contributed by atoms with van der Waals surface area (Å²) in [5.41, 5.74) is -0.373. The minimum Gasteiger partial charge on any atom is -0.478 e. The summed E-state index contributed by atoms with van der Waals surface area (Å²) in [5, 5.41) is 11.8. The Bertz CT molecular complexity index is 543. The molecule has 0 radical (unpaired) electrons. The monoisotopic (exact) mass is 407 g/mol. The van der Waals surface area contributed by atoms with Gasteiger partial charge in [-0.3, -0.25) is 4.79 Å². The molecule has 20 heavy (non-hydrogen) atoms. The van der Waals surface area contributed by atoms with Gasteiger partial charge in [0.25, 0.3) is 0 Å². The fourth-order valence-electron chi connectivity index (χ4n) is 1.51. The average Bonchev–Trinajstić information content (AvgIpc) is 2.31. The molecule has 0 unspecified atom stereocenters. The van der Waals surface area contributed by atoms with Crippen LogP contribution in [0, 0.1) is 0 Å². The summed E-state index contributed by atoms with van der Waals surface area (Å²) < 4.78 is 6.28. The van der Waals surface area contributed by atoms with Crippen molar-refractivity contribution in [2.75, 3.05) is 12.4 Å². The average molecular weight is 409 g/mol. The lowest BCUT2D eigenvalue weighted by Crippen LogP contribution is -2.30. The molecule has 0 aliphatic carbocycles. The molecule has 110 valence electrons. The molecular formula is C13H15Br2NO4. The topological polar surface area (TPSA) is 75.6 Å². The molecule has 0 heterocycles. The third kappa shape index (κ3) is 4.57. The van der Waals surface area contributed by atoms with Gasteiger partial charge in [0.1, 0.15) is 0 Å². The maximum Gasteiger partial charge on any atom is 0.337 e. The molecule has 1 aromatic carbocycles. The highest BCUT2D eigenvalue weighted by Crippen LogP contribution is 2.31. The van der Waals surface area contributed by atoms with E-state index in [1.807, 2.05) is 0 Å². The molecule has 0 atom stereocenters. The van der Waals surface area contributed by atoms with Crippen molar-refractivity contribution in [1.82, 2.24) is 0 Å². The zero-order valence-corrected chi connectivity index (χ0v) is 14.5. The van der Waals surface area contributed by atoms with Gasteiger partial charge in [0.2, 0.25) is 5.91 Å². The van der Waals surface area contributed by atoms with Crippen molar-refractivity contribution in [2.24, 2.45) is 0 Å². The van der Waals surface area contributed by atoms with Crippen LogP contribution >= 0.6 is 31.9 Å². The molecule has 1 rings (SSSR count). The summed E-state index contributed by atoms with van der Waals surface area (Å²) in [4.78, 5) is 23.2. The fraction of sp³-hybridized carbons (Fsp3) is 0.385. The van der Waals surface area contributed by atoms with E-state index in [9.17, 15) is 14.7 Å². The molecule has 0 saturated heterocycles. The molecule has 0 fully saturated rings. The molecule has 2 N–H and O–H groups in total. The molecule has 0 aliphatic heterocycles. The Labute approximate surface area is 134 Å². The highest BCUT2D eigenvalue weighted by atomic mass is 79.9. The first-order chi connectivity index (χ1) is 9.16. The number of hydrogen-bond donors (Lipinski definition) is 2. The van der Waals surface area contributed by atoms with E-state index in [1.54, 1.807) is 19.9 Å². The number of ether oxygens (including phenoxy) is 1. The Kier molecular flexibility index (Phi) is 5.73. The van der Waals surface area contributed by atoms with E-state index in [0.29, 0.717) is 8.95 Å². The highest BCUT2D eigenvalue weighted by Gasteiger charge is 2.23. The van der Waals surface area contributed by atoms with Gasteiger partial charge < -0.3 is 15.2 Å². The van der Waals surface area contributed by atoms with Gasteiger partial charge in [0.15, 0.2) is 0 Å². The first kappa shape index (κ1) is 17.1. The lowest BCUT2D eigenvalue weighted by Gasteiger charge is -2.22. The van der Waals surface area contributed by atoms with Crippen molar-refractivity contribution in [3.63, 3.8) is 0 Å². The quantitative estimate of drug-likeness (QED) is 0.779. The summed E-state index contributed by atoms with van der Waals surface area (Å²) in [6.07, 6.45) is 0.116. The molecule has 0 aromatic heterocycles. The van der Waals surface area contributed by atoms with Gasteiger partial charge in [-0.1, -0.05) is 15.9 Å². The third-order valence-electron chi connectivity index (χ3n) is 2.69. The molecule has 7 heteroatoms. The van der Waals surface area contributed by atoms with Crippen LogP contribution in [-0.4, -0.2) is 29.7 Å². The lowest BCUT2D eigenvalue weighted by atomic mass is 10.0. The zero-order valence-electron chi connectivity index (χ0n) is 11.3.